The molecule has 7 nitrogen and oxygen atoms in total. The summed E-state index contributed by atoms with van der Waals surface area (Å²) in [5, 5.41) is 14.3. The SMILES string of the molecule is CC(C)c1ccc2oc(-c3cc(NC(=O)c4ccccc4[N+](=O)[O-])ccc3Cl)nc2c1. The Morgan fingerprint density at radius 1 is 1.13 bits per heavy atom. The minimum Gasteiger partial charge on any atom is -0.436 e. The van der Waals surface area contributed by atoms with Gasteiger partial charge in [0.1, 0.15) is 11.1 Å². The van der Waals surface area contributed by atoms with Gasteiger partial charge in [-0.1, -0.05) is 43.6 Å². The number of nitrogens with zero attached hydrogens (tertiary/aromatic N) is 2. The summed E-state index contributed by atoms with van der Waals surface area (Å²) in [4.78, 5) is 27.8. The van der Waals surface area contributed by atoms with Crippen LogP contribution in [0.5, 0.6) is 0 Å². The van der Waals surface area contributed by atoms with Gasteiger partial charge in [0.2, 0.25) is 5.89 Å². The van der Waals surface area contributed by atoms with Gasteiger partial charge < -0.3 is 9.73 Å². The summed E-state index contributed by atoms with van der Waals surface area (Å²) in [5.74, 6) is 0.0798. The minimum absolute atomic E-state index is 0.0351. The highest BCUT2D eigenvalue weighted by atomic mass is 35.5. The van der Waals surface area contributed by atoms with Crippen molar-refractivity contribution in [2.75, 3.05) is 5.32 Å². The van der Waals surface area contributed by atoms with E-state index >= 15 is 0 Å². The second kappa shape index (κ2) is 8.20. The van der Waals surface area contributed by atoms with Gasteiger partial charge in [-0.25, -0.2) is 4.98 Å². The van der Waals surface area contributed by atoms with E-state index < -0.39 is 10.8 Å². The van der Waals surface area contributed by atoms with Gasteiger partial charge in [-0.15, -0.1) is 0 Å². The Bertz CT molecular complexity index is 1310. The molecule has 1 amide bonds. The van der Waals surface area contributed by atoms with Gasteiger partial charge in [-0.3, -0.25) is 14.9 Å². The standard InChI is InChI=1S/C23H18ClN3O4/c1-13(2)14-7-10-21-19(11-14)26-23(31-21)17-12-15(8-9-18(17)24)25-22(28)16-5-3-4-6-20(16)27(29)30/h3-13H,1-2H3,(H,25,28). The lowest BCUT2D eigenvalue weighted by Gasteiger charge is -2.08. The van der Waals surface area contributed by atoms with E-state index in [9.17, 15) is 14.9 Å². The molecule has 0 aliphatic carbocycles. The van der Waals surface area contributed by atoms with Crippen LogP contribution in [0.4, 0.5) is 11.4 Å². The van der Waals surface area contributed by atoms with Crippen LogP contribution in [-0.2, 0) is 0 Å². The van der Waals surface area contributed by atoms with Gasteiger partial charge in [0, 0.05) is 11.8 Å². The maximum absolute atomic E-state index is 12.6. The number of nitrogens with one attached hydrogen (secondary N) is 1. The summed E-state index contributed by atoms with van der Waals surface area (Å²) in [7, 11) is 0. The molecule has 1 heterocycles. The van der Waals surface area contributed by atoms with Crippen molar-refractivity contribution in [1.82, 2.24) is 4.98 Å². The predicted molar refractivity (Wildman–Crippen MR) is 120 cm³/mol. The van der Waals surface area contributed by atoms with Crippen molar-refractivity contribution in [3.63, 3.8) is 0 Å². The first-order valence-corrected chi connectivity index (χ1v) is 9.96. The lowest BCUT2D eigenvalue weighted by atomic mass is 10.0. The first kappa shape index (κ1) is 20.6. The molecule has 0 spiro atoms. The maximum Gasteiger partial charge on any atom is 0.282 e. The number of nitro benzene ring substituents is 1. The highest BCUT2D eigenvalue weighted by molar-refractivity contribution is 6.33. The van der Waals surface area contributed by atoms with E-state index in [1.54, 1.807) is 24.3 Å². The van der Waals surface area contributed by atoms with E-state index in [1.165, 1.54) is 18.2 Å². The fourth-order valence-electron chi connectivity index (χ4n) is 3.21. The highest BCUT2D eigenvalue weighted by Crippen LogP contribution is 2.33. The van der Waals surface area contributed by atoms with Gasteiger partial charge >= 0.3 is 0 Å². The summed E-state index contributed by atoms with van der Waals surface area (Å²) in [6.45, 7) is 4.20. The van der Waals surface area contributed by atoms with Crippen LogP contribution in [0.1, 0.15) is 35.7 Å². The molecule has 1 N–H and O–H groups in total. The molecular formula is C23H18ClN3O4. The number of benzene rings is 3. The fraction of sp³-hybridized carbons (Fsp3) is 0.130. The third-order valence-corrected chi connectivity index (χ3v) is 5.21. The topological polar surface area (TPSA) is 98.3 Å². The van der Waals surface area contributed by atoms with Crippen LogP contribution in [0, 0.1) is 10.1 Å². The predicted octanol–water partition coefficient (Wildman–Crippen LogP) is 6.43. The lowest BCUT2D eigenvalue weighted by molar-refractivity contribution is -0.385. The second-order valence-corrected chi connectivity index (χ2v) is 7.73. The largest absolute Gasteiger partial charge is 0.436 e. The number of aromatic nitrogens is 1. The number of halogens is 1. The zero-order chi connectivity index (χ0) is 22.1. The van der Waals surface area contributed by atoms with E-state index in [0.717, 1.165) is 5.56 Å². The number of amides is 1. The lowest BCUT2D eigenvalue weighted by Crippen LogP contribution is -2.13. The molecule has 3 aromatic carbocycles. The van der Waals surface area contributed by atoms with Crippen LogP contribution >= 0.6 is 11.6 Å². The van der Waals surface area contributed by atoms with Gasteiger partial charge in [0.05, 0.1) is 15.5 Å². The van der Waals surface area contributed by atoms with Crippen LogP contribution < -0.4 is 5.32 Å². The zero-order valence-electron chi connectivity index (χ0n) is 16.8. The number of oxazole rings is 1. The van der Waals surface area contributed by atoms with Crippen molar-refractivity contribution in [2.45, 2.75) is 19.8 Å². The van der Waals surface area contributed by atoms with Crippen LogP contribution in [0.15, 0.2) is 65.1 Å². The molecular weight excluding hydrogens is 418 g/mol. The zero-order valence-corrected chi connectivity index (χ0v) is 17.5. The smallest absolute Gasteiger partial charge is 0.282 e. The van der Waals surface area contributed by atoms with Gasteiger partial charge in [-0.2, -0.15) is 0 Å². The van der Waals surface area contributed by atoms with Gasteiger partial charge in [-0.05, 0) is 47.9 Å². The number of carbonyl (C=O) groups is 1. The molecule has 156 valence electrons. The molecule has 4 aromatic rings. The van der Waals surface area contributed by atoms with Crippen LogP contribution in [0.25, 0.3) is 22.6 Å². The number of nitro groups is 1. The van der Waals surface area contributed by atoms with Crippen molar-refractivity contribution in [1.29, 1.82) is 0 Å². The van der Waals surface area contributed by atoms with E-state index in [-0.39, 0.29) is 11.3 Å². The molecule has 8 heteroatoms. The molecule has 0 aliphatic rings. The number of para-hydroxylation sites is 1. The molecule has 1 aromatic heterocycles. The molecule has 0 saturated heterocycles. The number of hydrogen-bond acceptors (Lipinski definition) is 5. The second-order valence-electron chi connectivity index (χ2n) is 7.32. The normalized spacial score (nSPS) is 11.1. The summed E-state index contributed by atoms with van der Waals surface area (Å²) in [6, 6.07) is 16.4. The van der Waals surface area contributed by atoms with Crippen LogP contribution in [-0.4, -0.2) is 15.8 Å². The van der Waals surface area contributed by atoms with Crippen LogP contribution in [0.2, 0.25) is 5.02 Å². The molecule has 0 fully saturated rings. The fourth-order valence-corrected chi connectivity index (χ4v) is 3.41. The Labute approximate surface area is 182 Å². The molecule has 0 atom stereocenters. The summed E-state index contributed by atoms with van der Waals surface area (Å²) < 4.78 is 5.87. The molecule has 31 heavy (non-hydrogen) atoms. The number of anilines is 1. The van der Waals surface area contributed by atoms with Gasteiger partial charge in [0.15, 0.2) is 5.58 Å². The Kier molecular flexibility index (Phi) is 5.44. The first-order chi connectivity index (χ1) is 14.8. The number of rotatable bonds is 5. The van der Waals surface area contributed by atoms with Crippen molar-refractivity contribution in [2.24, 2.45) is 0 Å². The average molecular weight is 436 g/mol. The van der Waals surface area contributed by atoms with Crippen molar-refractivity contribution in [3.8, 4) is 11.5 Å². The number of hydrogen-bond donors (Lipinski definition) is 1. The molecule has 0 bridgehead atoms. The maximum atomic E-state index is 12.6. The Balaban J connectivity index is 1.67. The summed E-state index contributed by atoms with van der Waals surface area (Å²) in [6.07, 6.45) is 0. The molecule has 0 radical (unpaired) electrons. The van der Waals surface area contributed by atoms with E-state index in [0.29, 0.717) is 39.2 Å². The van der Waals surface area contributed by atoms with E-state index in [4.69, 9.17) is 16.0 Å². The van der Waals surface area contributed by atoms with Crippen molar-refractivity contribution >= 4 is 40.0 Å². The third kappa shape index (κ3) is 4.13. The molecule has 0 saturated carbocycles. The molecule has 0 unspecified atom stereocenters. The summed E-state index contributed by atoms with van der Waals surface area (Å²) >= 11 is 6.36. The average Bonchev–Trinajstić information content (AvgIpc) is 3.18. The third-order valence-electron chi connectivity index (χ3n) is 4.88. The van der Waals surface area contributed by atoms with Crippen molar-refractivity contribution < 1.29 is 14.1 Å². The highest BCUT2D eigenvalue weighted by Gasteiger charge is 2.20. The molecule has 4 rings (SSSR count). The van der Waals surface area contributed by atoms with Gasteiger partial charge in [0.25, 0.3) is 11.6 Å². The van der Waals surface area contributed by atoms with Crippen molar-refractivity contribution in [3.05, 3.63) is 86.9 Å². The minimum atomic E-state index is -0.597. The Morgan fingerprint density at radius 2 is 1.90 bits per heavy atom. The summed E-state index contributed by atoms with van der Waals surface area (Å²) in [5.41, 5.74) is 3.10. The molecule has 0 aliphatic heterocycles. The van der Waals surface area contributed by atoms with Crippen LogP contribution in [0.3, 0.4) is 0 Å². The van der Waals surface area contributed by atoms with E-state index in [2.05, 4.69) is 24.1 Å². The first-order valence-electron chi connectivity index (χ1n) is 9.58. The Morgan fingerprint density at radius 3 is 2.65 bits per heavy atom. The monoisotopic (exact) mass is 435 g/mol. The quantitative estimate of drug-likeness (QED) is 0.287. The number of carbonyl (C=O) groups excluding carboxylic acids is 1. The Hall–Kier alpha value is -3.71. The number of fused-ring (bicyclic) bond motifs is 1. The van der Waals surface area contributed by atoms with E-state index in [1.807, 2.05) is 18.2 Å².